The van der Waals surface area contributed by atoms with Crippen molar-refractivity contribution >= 4 is 11.9 Å². The molecule has 2 aromatic carbocycles. The van der Waals surface area contributed by atoms with Gasteiger partial charge in [0.05, 0.1) is 26.5 Å². The number of ether oxygens (including phenoxy) is 3. The molecule has 9 heteroatoms. The fourth-order valence-corrected chi connectivity index (χ4v) is 3.47. The Hall–Kier alpha value is -3.75. The molecule has 0 fully saturated rings. The molecule has 0 N–H and O–H groups in total. The highest BCUT2D eigenvalue weighted by Gasteiger charge is 2.32. The van der Waals surface area contributed by atoms with E-state index < -0.39 is 23.6 Å². The molecule has 0 aliphatic carbocycles. The topological polar surface area (TPSA) is 79.7 Å². The van der Waals surface area contributed by atoms with Crippen molar-refractivity contribution in [2.75, 3.05) is 20.8 Å². The smallest absolute Gasteiger partial charge is 0.357 e. The molecule has 3 aromatic rings. The molecule has 0 spiro atoms. The SMILES string of the molecule is CCCCCCOc1cc(-c2nn(-c3ccccc3)c(C(=O)OC)c2C(=O)OC)cc(F)c1F. The van der Waals surface area contributed by atoms with E-state index in [9.17, 15) is 18.4 Å². The van der Waals surface area contributed by atoms with Crippen LogP contribution in [0.5, 0.6) is 5.75 Å². The zero-order valence-corrected chi connectivity index (χ0v) is 19.3. The Bertz CT molecular complexity index is 1160. The Kier molecular flexibility index (Phi) is 8.34. The molecule has 1 aromatic heterocycles. The lowest BCUT2D eigenvalue weighted by Gasteiger charge is -2.10. The van der Waals surface area contributed by atoms with Crippen molar-refractivity contribution in [2.24, 2.45) is 0 Å². The predicted octanol–water partition coefficient (Wildman–Crippen LogP) is 5.35. The number of nitrogens with zero attached hydrogens (tertiary/aromatic N) is 2. The normalized spacial score (nSPS) is 10.7. The van der Waals surface area contributed by atoms with Gasteiger partial charge in [-0.15, -0.1) is 0 Å². The third-order valence-corrected chi connectivity index (χ3v) is 5.18. The van der Waals surface area contributed by atoms with Gasteiger partial charge in [0.25, 0.3) is 0 Å². The molecule has 0 radical (unpaired) electrons. The van der Waals surface area contributed by atoms with E-state index >= 15 is 0 Å². The number of rotatable bonds is 10. The molecule has 0 unspecified atom stereocenters. The van der Waals surface area contributed by atoms with Crippen molar-refractivity contribution in [2.45, 2.75) is 32.6 Å². The predicted molar refractivity (Wildman–Crippen MR) is 121 cm³/mol. The fourth-order valence-electron chi connectivity index (χ4n) is 3.47. The number of aromatic nitrogens is 2. The maximum Gasteiger partial charge on any atom is 0.357 e. The van der Waals surface area contributed by atoms with Crippen LogP contribution in [0.3, 0.4) is 0 Å². The minimum absolute atomic E-state index is 0.0442. The third-order valence-electron chi connectivity index (χ3n) is 5.18. The van der Waals surface area contributed by atoms with Gasteiger partial charge in [-0.05, 0) is 30.7 Å². The molecule has 180 valence electrons. The second-order valence-electron chi connectivity index (χ2n) is 7.48. The number of benzene rings is 2. The number of unbranched alkanes of at least 4 members (excludes halogenated alkanes) is 3. The number of carbonyl (C=O) groups is 2. The van der Waals surface area contributed by atoms with Gasteiger partial charge in [0.15, 0.2) is 17.3 Å². The maximum atomic E-state index is 14.5. The minimum atomic E-state index is -1.18. The highest BCUT2D eigenvalue weighted by Crippen LogP contribution is 2.33. The number of halogens is 2. The van der Waals surface area contributed by atoms with Crippen LogP contribution in [0.2, 0.25) is 0 Å². The lowest BCUT2D eigenvalue weighted by molar-refractivity contribution is 0.0549. The summed E-state index contributed by atoms with van der Waals surface area (Å²) in [6.45, 7) is 2.27. The second-order valence-corrected chi connectivity index (χ2v) is 7.48. The van der Waals surface area contributed by atoms with Gasteiger partial charge in [-0.3, -0.25) is 0 Å². The van der Waals surface area contributed by atoms with Gasteiger partial charge in [0.1, 0.15) is 11.3 Å². The first kappa shape index (κ1) is 24.9. The van der Waals surface area contributed by atoms with Crippen LogP contribution in [-0.2, 0) is 9.47 Å². The van der Waals surface area contributed by atoms with E-state index in [0.29, 0.717) is 12.1 Å². The Balaban J connectivity index is 2.16. The van der Waals surface area contributed by atoms with Crippen LogP contribution in [0, 0.1) is 11.6 Å². The number of hydrogen-bond donors (Lipinski definition) is 0. The van der Waals surface area contributed by atoms with Crippen molar-refractivity contribution < 1.29 is 32.6 Å². The molecule has 1 heterocycles. The highest BCUT2D eigenvalue weighted by molar-refractivity contribution is 6.06. The molecule has 34 heavy (non-hydrogen) atoms. The Morgan fingerprint density at radius 2 is 1.68 bits per heavy atom. The summed E-state index contributed by atoms with van der Waals surface area (Å²) in [5.74, 6) is -4.36. The molecule has 0 amide bonds. The molecule has 7 nitrogen and oxygen atoms in total. The van der Waals surface area contributed by atoms with E-state index in [1.54, 1.807) is 30.3 Å². The van der Waals surface area contributed by atoms with Crippen LogP contribution in [0.15, 0.2) is 42.5 Å². The summed E-state index contributed by atoms with van der Waals surface area (Å²) in [7, 11) is 2.30. The van der Waals surface area contributed by atoms with Crippen molar-refractivity contribution in [3.05, 3.63) is 65.4 Å². The van der Waals surface area contributed by atoms with Crippen LogP contribution >= 0.6 is 0 Å². The lowest BCUT2D eigenvalue weighted by atomic mass is 10.0. The van der Waals surface area contributed by atoms with Gasteiger partial charge in [-0.25, -0.2) is 18.7 Å². The average Bonchev–Trinajstić information content (AvgIpc) is 3.26. The summed E-state index contributed by atoms with van der Waals surface area (Å²) in [5, 5.41) is 4.39. The summed E-state index contributed by atoms with van der Waals surface area (Å²) < 4.78 is 45.4. The molecule has 0 atom stereocenters. The largest absolute Gasteiger partial charge is 0.490 e. The van der Waals surface area contributed by atoms with Crippen LogP contribution in [-0.4, -0.2) is 42.5 Å². The summed E-state index contributed by atoms with van der Waals surface area (Å²) in [6.07, 6.45) is 3.62. The van der Waals surface area contributed by atoms with Crippen LogP contribution in [0.4, 0.5) is 8.78 Å². The molecule has 0 aliphatic rings. The second kappa shape index (κ2) is 11.4. The van der Waals surface area contributed by atoms with Crippen LogP contribution < -0.4 is 4.74 Å². The highest BCUT2D eigenvalue weighted by atomic mass is 19.2. The summed E-state index contributed by atoms with van der Waals surface area (Å²) >= 11 is 0. The molecule has 0 aliphatic heterocycles. The van der Waals surface area contributed by atoms with Crippen molar-refractivity contribution in [3.8, 4) is 22.7 Å². The Morgan fingerprint density at radius 1 is 0.971 bits per heavy atom. The van der Waals surface area contributed by atoms with Gasteiger partial charge in [-0.1, -0.05) is 44.4 Å². The van der Waals surface area contributed by atoms with Crippen LogP contribution in [0.25, 0.3) is 16.9 Å². The number of esters is 2. The van der Waals surface area contributed by atoms with E-state index in [0.717, 1.165) is 39.5 Å². The van der Waals surface area contributed by atoms with E-state index in [2.05, 4.69) is 12.0 Å². The molecule has 0 bridgehead atoms. The van der Waals surface area contributed by atoms with Crippen molar-refractivity contribution in [3.63, 3.8) is 0 Å². The van der Waals surface area contributed by atoms with Crippen LogP contribution in [0.1, 0.15) is 53.5 Å². The standard InChI is InChI=1S/C25H26F2N2O5/c1-4-5-6-10-13-34-19-15-16(14-18(26)21(19)27)22-20(24(30)32-2)23(25(31)33-3)29(28-22)17-11-8-7-9-12-17/h7-9,11-12,14-15H,4-6,10,13H2,1-3H3. The number of carbonyl (C=O) groups excluding carboxylic acids is 2. The summed E-state index contributed by atoms with van der Waals surface area (Å²) in [6, 6.07) is 10.7. The maximum absolute atomic E-state index is 14.5. The zero-order chi connectivity index (χ0) is 24.7. The van der Waals surface area contributed by atoms with Crippen molar-refractivity contribution in [1.29, 1.82) is 0 Å². The van der Waals surface area contributed by atoms with E-state index in [1.165, 1.54) is 10.7 Å². The summed E-state index contributed by atoms with van der Waals surface area (Å²) in [5.41, 5.74) is -0.0248. The van der Waals surface area contributed by atoms with Gasteiger partial charge in [0.2, 0.25) is 5.82 Å². The van der Waals surface area contributed by atoms with Crippen molar-refractivity contribution in [1.82, 2.24) is 9.78 Å². The van der Waals surface area contributed by atoms with E-state index in [-0.39, 0.29) is 34.9 Å². The first-order chi connectivity index (χ1) is 16.4. The van der Waals surface area contributed by atoms with Gasteiger partial charge >= 0.3 is 11.9 Å². The van der Waals surface area contributed by atoms with Gasteiger partial charge in [0, 0.05) is 5.56 Å². The average molecular weight is 472 g/mol. The first-order valence-electron chi connectivity index (χ1n) is 10.9. The Morgan fingerprint density at radius 3 is 2.32 bits per heavy atom. The number of methoxy groups -OCH3 is 2. The molecule has 0 saturated heterocycles. The molecule has 0 saturated carbocycles. The first-order valence-corrected chi connectivity index (χ1v) is 10.9. The number of para-hydroxylation sites is 1. The van der Waals surface area contributed by atoms with E-state index in [1.807, 2.05) is 0 Å². The quantitative estimate of drug-likeness (QED) is 0.292. The fraction of sp³-hybridized carbons (Fsp3) is 0.320. The summed E-state index contributed by atoms with van der Waals surface area (Å²) in [4.78, 5) is 25.4. The zero-order valence-electron chi connectivity index (χ0n) is 19.3. The van der Waals surface area contributed by atoms with Gasteiger partial charge in [-0.2, -0.15) is 9.49 Å². The molecular formula is C25H26F2N2O5. The monoisotopic (exact) mass is 472 g/mol. The third kappa shape index (κ3) is 5.24. The lowest BCUT2D eigenvalue weighted by Crippen LogP contribution is -2.15. The molecule has 3 rings (SSSR count). The Labute approximate surface area is 196 Å². The number of hydrogen-bond acceptors (Lipinski definition) is 6. The minimum Gasteiger partial charge on any atom is -0.490 e. The van der Waals surface area contributed by atoms with E-state index in [4.69, 9.17) is 14.2 Å². The molecular weight excluding hydrogens is 446 g/mol. The van der Waals surface area contributed by atoms with Gasteiger partial charge < -0.3 is 14.2 Å².